The van der Waals surface area contributed by atoms with Crippen molar-refractivity contribution >= 4 is 22.0 Å². The first kappa shape index (κ1) is 33.4. The largest absolute Gasteiger partial charge is 0.463 e. The van der Waals surface area contributed by atoms with Gasteiger partial charge in [-0.15, -0.1) is 4.31 Å². The third-order valence-corrected chi connectivity index (χ3v) is 9.01. The van der Waals surface area contributed by atoms with Gasteiger partial charge in [-0.05, 0) is 47.9 Å². The van der Waals surface area contributed by atoms with Crippen LogP contribution in [0, 0.1) is 24.7 Å². The molecule has 236 valence electrons. The van der Waals surface area contributed by atoms with E-state index < -0.39 is 50.7 Å². The lowest BCUT2D eigenvalue weighted by Gasteiger charge is -2.37. The Morgan fingerprint density at radius 3 is 1.64 bits per heavy atom. The summed E-state index contributed by atoms with van der Waals surface area (Å²) in [5.41, 5.74) is -0.871. The van der Waals surface area contributed by atoms with E-state index in [0.29, 0.717) is 11.1 Å². The maximum absolute atomic E-state index is 14.8. The van der Waals surface area contributed by atoms with Crippen molar-refractivity contribution in [1.82, 2.24) is 4.31 Å². The summed E-state index contributed by atoms with van der Waals surface area (Å²) in [5.74, 6) is -2.13. The van der Waals surface area contributed by atoms with Crippen molar-refractivity contribution in [3.05, 3.63) is 101 Å². The quantitative estimate of drug-likeness (QED) is 0.204. The number of aryl methyl sites for hydroxylation is 2. The van der Waals surface area contributed by atoms with E-state index >= 15 is 0 Å². The third kappa shape index (κ3) is 6.90. The first-order chi connectivity index (χ1) is 20.5. The van der Waals surface area contributed by atoms with Crippen LogP contribution in [0.25, 0.3) is 0 Å². The molecule has 3 aromatic carbocycles. The van der Waals surface area contributed by atoms with Gasteiger partial charge in [-0.2, -0.15) is 0 Å². The summed E-state index contributed by atoms with van der Waals surface area (Å²) in [5, 5.41) is 0. The van der Waals surface area contributed by atoms with Crippen LogP contribution in [0.15, 0.2) is 83.8 Å². The van der Waals surface area contributed by atoms with Crippen LogP contribution in [-0.4, -0.2) is 43.4 Å². The number of carbonyl (C=O) groups excluding carboxylic acids is 2. The predicted octanol–water partition coefficient (Wildman–Crippen LogP) is 6.68. The first-order valence-corrected chi connectivity index (χ1v) is 16.1. The van der Waals surface area contributed by atoms with Crippen molar-refractivity contribution in [2.75, 3.05) is 13.2 Å². The summed E-state index contributed by atoms with van der Waals surface area (Å²) in [6.07, 6.45) is -2.76. The molecule has 3 aromatic rings. The van der Waals surface area contributed by atoms with E-state index in [0.717, 1.165) is 15.4 Å². The van der Waals surface area contributed by atoms with Gasteiger partial charge >= 0.3 is 11.9 Å². The molecule has 0 radical (unpaired) electrons. The highest BCUT2D eigenvalue weighted by Gasteiger charge is 2.71. The molecule has 0 bridgehead atoms. The van der Waals surface area contributed by atoms with E-state index in [1.807, 2.05) is 67.5 Å². The van der Waals surface area contributed by atoms with Crippen LogP contribution in [0.3, 0.4) is 0 Å². The fourth-order valence-corrected chi connectivity index (χ4v) is 6.63. The molecule has 0 saturated carbocycles. The number of hydrogen-bond acceptors (Lipinski definition) is 7. The van der Waals surface area contributed by atoms with Crippen molar-refractivity contribution in [2.24, 2.45) is 10.8 Å². The number of esters is 2. The van der Waals surface area contributed by atoms with E-state index in [4.69, 9.17) is 14.2 Å². The van der Waals surface area contributed by atoms with Crippen molar-refractivity contribution in [3.8, 4) is 0 Å². The zero-order chi connectivity index (χ0) is 32.5. The average Bonchev–Trinajstić information content (AvgIpc) is 3.33. The van der Waals surface area contributed by atoms with Gasteiger partial charge in [0.25, 0.3) is 5.54 Å². The molecule has 0 aliphatic carbocycles. The number of sulfonamides is 1. The normalized spacial score (nSPS) is 19.0. The second-order valence-electron chi connectivity index (χ2n) is 13.8. The molecule has 4 rings (SSSR count). The van der Waals surface area contributed by atoms with E-state index in [1.54, 1.807) is 54.6 Å². The maximum atomic E-state index is 14.8. The van der Waals surface area contributed by atoms with Crippen LogP contribution in [0.5, 0.6) is 0 Å². The summed E-state index contributed by atoms with van der Waals surface area (Å²) in [4.78, 5) is 29.2. The highest BCUT2D eigenvalue weighted by Crippen LogP contribution is 2.53. The Morgan fingerprint density at radius 2 is 1.18 bits per heavy atom. The molecular weight excluding hydrogens is 578 g/mol. The molecule has 1 heterocycles. The van der Waals surface area contributed by atoms with Crippen molar-refractivity contribution < 1.29 is 32.2 Å². The average molecular weight is 622 g/mol. The molecule has 0 N–H and O–H groups in total. The van der Waals surface area contributed by atoms with Gasteiger partial charge in [0.1, 0.15) is 6.10 Å². The molecular formula is C35H43NO7S. The van der Waals surface area contributed by atoms with Crippen molar-refractivity contribution in [3.63, 3.8) is 0 Å². The van der Waals surface area contributed by atoms with Gasteiger partial charge in [0, 0.05) is 0 Å². The lowest BCUT2D eigenvalue weighted by molar-refractivity contribution is -0.176. The van der Waals surface area contributed by atoms with Crippen LogP contribution in [0.4, 0.5) is 0 Å². The summed E-state index contributed by atoms with van der Waals surface area (Å²) >= 11 is 0. The molecule has 1 saturated heterocycles. The monoisotopic (exact) mass is 621 g/mol. The maximum Gasteiger partial charge on any atom is 0.342 e. The summed E-state index contributed by atoms with van der Waals surface area (Å²) in [7, 11) is -4.60. The Bertz CT molecular complexity index is 1540. The molecule has 1 fully saturated rings. The molecule has 0 amide bonds. The second kappa shape index (κ2) is 12.5. The van der Waals surface area contributed by atoms with E-state index in [1.165, 1.54) is 12.1 Å². The minimum absolute atomic E-state index is 0.0742. The highest BCUT2D eigenvalue weighted by molar-refractivity contribution is 7.89. The molecule has 44 heavy (non-hydrogen) atoms. The van der Waals surface area contributed by atoms with E-state index in [9.17, 15) is 18.0 Å². The minimum atomic E-state index is -4.60. The van der Waals surface area contributed by atoms with Crippen molar-refractivity contribution in [2.45, 2.75) is 78.2 Å². The van der Waals surface area contributed by atoms with Crippen molar-refractivity contribution in [1.29, 1.82) is 0 Å². The number of ether oxygens (including phenoxy) is 3. The van der Waals surface area contributed by atoms with Gasteiger partial charge in [0.2, 0.25) is 10.0 Å². The molecule has 1 aliphatic rings. The van der Waals surface area contributed by atoms with Crippen LogP contribution in [0.2, 0.25) is 0 Å². The van der Waals surface area contributed by atoms with Gasteiger partial charge in [-0.25, -0.2) is 18.0 Å². The van der Waals surface area contributed by atoms with Crippen LogP contribution < -0.4 is 0 Å². The predicted molar refractivity (Wildman–Crippen MR) is 168 cm³/mol. The Morgan fingerprint density at radius 1 is 0.727 bits per heavy atom. The number of benzene rings is 3. The Balaban J connectivity index is 2.07. The topological polar surface area (TPSA) is 99.2 Å². The lowest BCUT2D eigenvalue weighted by Crippen LogP contribution is -2.63. The molecule has 0 spiro atoms. The third-order valence-electron chi connectivity index (χ3n) is 7.14. The molecule has 9 heteroatoms. The molecule has 1 aliphatic heterocycles. The Hall–Kier alpha value is -3.53. The molecule has 0 aromatic heterocycles. The molecule has 8 nitrogen and oxygen atoms in total. The van der Waals surface area contributed by atoms with Gasteiger partial charge in [0.15, 0.2) is 6.23 Å². The number of rotatable bonds is 8. The van der Waals surface area contributed by atoms with E-state index in [2.05, 4.69) is 0 Å². The lowest BCUT2D eigenvalue weighted by atomic mass is 9.87. The second-order valence-corrected chi connectivity index (χ2v) is 15.7. The molecule has 1 unspecified atom stereocenters. The summed E-state index contributed by atoms with van der Waals surface area (Å²) in [6.45, 7) is 14.9. The summed E-state index contributed by atoms with van der Waals surface area (Å²) < 4.78 is 48.8. The van der Waals surface area contributed by atoms with Gasteiger partial charge in [0.05, 0.1) is 18.1 Å². The smallest absolute Gasteiger partial charge is 0.342 e. The Labute approximate surface area is 261 Å². The fourth-order valence-electron chi connectivity index (χ4n) is 4.88. The first-order valence-electron chi connectivity index (χ1n) is 14.7. The van der Waals surface area contributed by atoms with Crippen LogP contribution in [0.1, 0.15) is 76.1 Å². The number of hydrogen-bond donors (Lipinski definition) is 0. The number of nitrogens with zero attached hydrogens (tertiary/aromatic N) is 1. The van der Waals surface area contributed by atoms with Gasteiger partial charge < -0.3 is 14.2 Å². The standard InChI is InChI=1S/C35H43NO7S/c1-24-14-18-26(19-15-24)29-35(31(37)41-22-33(3,4)5,32(38)42-23-34(6,7)8)36(30(43-29)27-12-10-9-11-13-27)44(39,40)28-20-16-25(2)17-21-28/h9-21,29-30H,22-23H2,1-8H3/t29-,30?/m1/s1. The van der Waals surface area contributed by atoms with Gasteiger partial charge in [-0.1, -0.05) is 119 Å². The van der Waals surface area contributed by atoms with Gasteiger partial charge in [-0.3, -0.25) is 0 Å². The summed E-state index contributed by atoms with van der Waals surface area (Å²) in [6, 6.07) is 22.0. The van der Waals surface area contributed by atoms with E-state index in [-0.39, 0.29) is 18.1 Å². The highest BCUT2D eigenvalue weighted by atomic mass is 32.2. The number of carbonyl (C=O) groups is 2. The van der Waals surface area contributed by atoms with Crippen LogP contribution >= 0.6 is 0 Å². The fraction of sp³-hybridized carbons (Fsp3) is 0.429. The SMILES string of the molecule is Cc1ccc([C@H]2OC(c3ccccc3)N(S(=O)(=O)c3ccc(C)cc3)C2(C(=O)OCC(C)(C)C)C(=O)OCC(C)(C)C)cc1. The van der Waals surface area contributed by atoms with Crippen LogP contribution in [-0.2, 0) is 33.8 Å². The zero-order valence-electron chi connectivity index (χ0n) is 26.8. The minimum Gasteiger partial charge on any atom is -0.463 e. The Kier molecular flexibility index (Phi) is 9.45. The zero-order valence-corrected chi connectivity index (χ0v) is 27.6. The molecule has 2 atom stereocenters.